The van der Waals surface area contributed by atoms with Crippen molar-refractivity contribution >= 4 is 17.1 Å². The summed E-state index contributed by atoms with van der Waals surface area (Å²) in [5, 5.41) is 0. The largest absolute Gasteiger partial charge is 0.310 e. The van der Waals surface area contributed by atoms with Gasteiger partial charge >= 0.3 is 0 Å². The molecule has 0 aromatic heterocycles. The van der Waals surface area contributed by atoms with Crippen molar-refractivity contribution in [1.82, 2.24) is 0 Å². The summed E-state index contributed by atoms with van der Waals surface area (Å²) in [7, 11) is 0. The zero-order valence-electron chi connectivity index (χ0n) is 13.8. The van der Waals surface area contributed by atoms with Crippen LogP contribution in [0, 0.1) is 6.07 Å². The van der Waals surface area contributed by atoms with Gasteiger partial charge in [-0.3, -0.25) is 0 Å². The van der Waals surface area contributed by atoms with Gasteiger partial charge in [0.25, 0.3) is 0 Å². The average Bonchev–Trinajstić information content (AvgIpc) is 2.71. The smallest absolute Gasteiger partial charge is 0.0540 e. The minimum Gasteiger partial charge on any atom is -0.310 e. The first-order valence-electron chi connectivity index (χ1n) is 8.39. The Morgan fingerprint density at radius 1 is 0.480 bits per heavy atom. The van der Waals surface area contributed by atoms with Gasteiger partial charge in [-0.05, 0) is 41.5 Å². The molecule has 0 saturated heterocycles. The third kappa shape index (κ3) is 3.31. The molecule has 1 radical (unpaired) electrons. The van der Waals surface area contributed by atoms with Gasteiger partial charge in [-0.15, -0.1) is 0 Å². The van der Waals surface area contributed by atoms with E-state index in [-0.39, 0.29) is 0 Å². The SMILES string of the molecule is [c]1ccccc1N(c1ccccc1)c1ccc(-c2ccccc2)cc1. The fraction of sp³-hybridized carbons (Fsp3) is 0. The van der Waals surface area contributed by atoms with Crippen LogP contribution in [0.25, 0.3) is 11.1 Å². The molecule has 25 heavy (non-hydrogen) atoms. The van der Waals surface area contributed by atoms with Gasteiger partial charge in [-0.25, -0.2) is 0 Å². The fourth-order valence-electron chi connectivity index (χ4n) is 2.96. The van der Waals surface area contributed by atoms with Crippen LogP contribution >= 0.6 is 0 Å². The zero-order chi connectivity index (χ0) is 16.9. The topological polar surface area (TPSA) is 3.24 Å². The molecule has 4 aromatic carbocycles. The van der Waals surface area contributed by atoms with Gasteiger partial charge in [0.1, 0.15) is 0 Å². The molecule has 1 nitrogen and oxygen atoms in total. The molecule has 4 rings (SSSR count). The first kappa shape index (κ1) is 15.2. The lowest BCUT2D eigenvalue weighted by Gasteiger charge is -2.25. The first-order valence-corrected chi connectivity index (χ1v) is 8.39. The van der Waals surface area contributed by atoms with Crippen LogP contribution in [0.2, 0.25) is 0 Å². The van der Waals surface area contributed by atoms with Crippen molar-refractivity contribution in [3.8, 4) is 11.1 Å². The normalized spacial score (nSPS) is 10.4. The molecule has 0 N–H and O–H groups in total. The number of benzene rings is 4. The molecule has 119 valence electrons. The molecule has 0 atom stereocenters. The standard InChI is InChI=1S/C24H18N/c1-4-10-20(11-5-1)21-16-18-24(19-17-21)25(22-12-6-2-7-13-22)23-14-8-3-9-15-23/h1-14,16-19H. The number of anilines is 3. The fourth-order valence-corrected chi connectivity index (χ4v) is 2.96. The molecular formula is C24H18N. The van der Waals surface area contributed by atoms with E-state index < -0.39 is 0 Å². The summed E-state index contributed by atoms with van der Waals surface area (Å²) in [5.74, 6) is 0. The van der Waals surface area contributed by atoms with Crippen LogP contribution in [-0.2, 0) is 0 Å². The molecule has 0 aliphatic rings. The second kappa shape index (κ2) is 7.06. The number of rotatable bonds is 4. The van der Waals surface area contributed by atoms with Crippen molar-refractivity contribution in [2.24, 2.45) is 0 Å². The molecule has 0 amide bonds. The summed E-state index contributed by atoms with van der Waals surface area (Å²) < 4.78 is 0. The van der Waals surface area contributed by atoms with Gasteiger partial charge in [-0.2, -0.15) is 0 Å². The van der Waals surface area contributed by atoms with Crippen LogP contribution in [0.3, 0.4) is 0 Å². The number of hydrogen-bond acceptors (Lipinski definition) is 1. The van der Waals surface area contributed by atoms with Crippen molar-refractivity contribution in [1.29, 1.82) is 0 Å². The Morgan fingerprint density at radius 3 is 1.68 bits per heavy atom. The highest BCUT2D eigenvalue weighted by Gasteiger charge is 2.11. The number of hydrogen-bond donors (Lipinski definition) is 0. The van der Waals surface area contributed by atoms with Crippen LogP contribution in [0.1, 0.15) is 0 Å². The van der Waals surface area contributed by atoms with Crippen molar-refractivity contribution < 1.29 is 0 Å². The minimum absolute atomic E-state index is 1.03. The van der Waals surface area contributed by atoms with Gasteiger partial charge in [-0.1, -0.05) is 78.9 Å². The van der Waals surface area contributed by atoms with Crippen molar-refractivity contribution in [2.75, 3.05) is 4.90 Å². The van der Waals surface area contributed by atoms with Crippen molar-refractivity contribution in [3.05, 3.63) is 115 Å². The monoisotopic (exact) mass is 320 g/mol. The highest BCUT2D eigenvalue weighted by atomic mass is 15.1. The molecular weight excluding hydrogens is 302 g/mol. The summed E-state index contributed by atoms with van der Waals surface area (Å²) in [5.41, 5.74) is 5.72. The Bertz CT molecular complexity index is 874. The van der Waals surface area contributed by atoms with Gasteiger partial charge in [0, 0.05) is 17.4 Å². The van der Waals surface area contributed by atoms with Gasteiger partial charge < -0.3 is 4.90 Å². The molecule has 0 unspecified atom stereocenters. The Hall–Kier alpha value is -3.32. The van der Waals surface area contributed by atoms with E-state index in [2.05, 4.69) is 89.8 Å². The maximum Gasteiger partial charge on any atom is 0.0540 e. The van der Waals surface area contributed by atoms with E-state index in [1.165, 1.54) is 11.1 Å². The third-order valence-corrected chi connectivity index (χ3v) is 4.18. The van der Waals surface area contributed by atoms with Crippen LogP contribution in [0.4, 0.5) is 17.1 Å². The minimum atomic E-state index is 1.03. The van der Waals surface area contributed by atoms with Crippen LogP contribution in [0.15, 0.2) is 109 Å². The van der Waals surface area contributed by atoms with Gasteiger partial charge in [0.05, 0.1) is 5.69 Å². The maximum absolute atomic E-state index is 3.34. The molecule has 0 spiro atoms. The third-order valence-electron chi connectivity index (χ3n) is 4.18. The van der Waals surface area contributed by atoms with Gasteiger partial charge in [0.2, 0.25) is 0 Å². The van der Waals surface area contributed by atoms with Crippen LogP contribution in [-0.4, -0.2) is 0 Å². The molecule has 1 heteroatoms. The summed E-state index contributed by atoms with van der Waals surface area (Å²) in [6.45, 7) is 0. The Morgan fingerprint density at radius 2 is 1.04 bits per heavy atom. The molecule has 0 saturated carbocycles. The Balaban J connectivity index is 1.75. The Labute approximate surface area is 148 Å². The van der Waals surface area contributed by atoms with E-state index in [9.17, 15) is 0 Å². The molecule has 0 bridgehead atoms. The van der Waals surface area contributed by atoms with E-state index in [1.54, 1.807) is 0 Å². The van der Waals surface area contributed by atoms with Crippen molar-refractivity contribution in [3.63, 3.8) is 0 Å². The lowest BCUT2D eigenvalue weighted by atomic mass is 10.0. The first-order chi connectivity index (χ1) is 12.4. The van der Waals surface area contributed by atoms with Crippen LogP contribution < -0.4 is 4.90 Å². The quantitative estimate of drug-likeness (QED) is 0.408. The van der Waals surface area contributed by atoms with Crippen LogP contribution in [0.5, 0.6) is 0 Å². The summed E-state index contributed by atoms with van der Waals surface area (Å²) >= 11 is 0. The van der Waals surface area contributed by atoms with E-state index in [0.717, 1.165) is 17.1 Å². The number of nitrogens with zero attached hydrogens (tertiary/aromatic N) is 1. The zero-order valence-corrected chi connectivity index (χ0v) is 13.8. The van der Waals surface area contributed by atoms with Crippen molar-refractivity contribution in [2.45, 2.75) is 0 Å². The summed E-state index contributed by atoms with van der Waals surface area (Å²) in [6, 6.07) is 40.9. The highest BCUT2D eigenvalue weighted by Crippen LogP contribution is 2.34. The second-order valence-electron chi connectivity index (χ2n) is 5.83. The predicted molar refractivity (Wildman–Crippen MR) is 105 cm³/mol. The van der Waals surface area contributed by atoms with E-state index in [1.807, 2.05) is 30.3 Å². The van der Waals surface area contributed by atoms with Gasteiger partial charge in [0.15, 0.2) is 0 Å². The maximum atomic E-state index is 3.34. The highest BCUT2D eigenvalue weighted by molar-refractivity contribution is 5.77. The average molecular weight is 320 g/mol. The molecule has 4 aromatic rings. The molecule has 0 heterocycles. The molecule has 0 aliphatic carbocycles. The lowest BCUT2D eigenvalue weighted by Crippen LogP contribution is -2.09. The molecule has 0 fully saturated rings. The summed E-state index contributed by atoms with van der Waals surface area (Å²) in [6.07, 6.45) is 0. The Kier molecular flexibility index (Phi) is 4.30. The number of para-hydroxylation sites is 2. The van der Waals surface area contributed by atoms with E-state index in [4.69, 9.17) is 0 Å². The summed E-state index contributed by atoms with van der Waals surface area (Å²) in [4.78, 5) is 2.22. The molecule has 0 aliphatic heterocycles. The lowest BCUT2D eigenvalue weighted by molar-refractivity contribution is 1.28. The predicted octanol–water partition coefficient (Wildman–Crippen LogP) is 6.62. The second-order valence-corrected chi connectivity index (χ2v) is 5.83. The van der Waals surface area contributed by atoms with E-state index in [0.29, 0.717) is 0 Å². The van der Waals surface area contributed by atoms with E-state index >= 15 is 0 Å².